The molecule has 0 aliphatic carbocycles. The van der Waals surface area contributed by atoms with Gasteiger partial charge in [0.15, 0.2) is 0 Å². The summed E-state index contributed by atoms with van der Waals surface area (Å²) in [6.07, 6.45) is -0.686. The maximum absolute atomic E-state index is 11.4. The van der Waals surface area contributed by atoms with Gasteiger partial charge in [-0.25, -0.2) is 0 Å². The molecule has 0 aliphatic heterocycles. The molecule has 0 aromatic rings. The van der Waals surface area contributed by atoms with Crippen molar-refractivity contribution in [2.24, 2.45) is 0 Å². The molecule has 0 spiro atoms. The molecule has 5 nitrogen and oxygen atoms in total. The van der Waals surface area contributed by atoms with Gasteiger partial charge >= 0.3 is 59.0 Å². The summed E-state index contributed by atoms with van der Waals surface area (Å²) in [6, 6.07) is 0. The van der Waals surface area contributed by atoms with E-state index in [4.69, 9.17) is 9.05 Å². The van der Waals surface area contributed by atoms with Crippen LogP contribution in [0.3, 0.4) is 0 Å². The molecule has 0 heterocycles. The fraction of sp³-hybridized carbons (Fsp3) is 0.833. The summed E-state index contributed by atoms with van der Waals surface area (Å²) < 4.78 is 20.7. The fourth-order valence-electron chi connectivity index (χ4n) is 0.680. The van der Waals surface area contributed by atoms with Crippen molar-refractivity contribution in [2.45, 2.75) is 13.8 Å². The van der Waals surface area contributed by atoms with E-state index in [9.17, 15) is 14.5 Å². The molecule has 0 N–H and O–H groups in total. The van der Waals surface area contributed by atoms with Gasteiger partial charge in [-0.3, -0.25) is 4.57 Å². The van der Waals surface area contributed by atoms with E-state index < -0.39 is 19.7 Å². The van der Waals surface area contributed by atoms with E-state index >= 15 is 0 Å². The molecule has 0 fully saturated rings. The summed E-state index contributed by atoms with van der Waals surface area (Å²) in [5, 5.41) is 10.1. The third-order valence-corrected chi connectivity index (χ3v) is 2.92. The Kier molecular flexibility index (Phi) is 11.0. The molecular weight excluding hydrogens is 222 g/mol. The van der Waals surface area contributed by atoms with Crippen LogP contribution in [0.2, 0.25) is 0 Å². The van der Waals surface area contributed by atoms with Gasteiger partial charge in [0, 0.05) is 0 Å². The number of carbonyl (C=O) groups excluding carboxylic acids is 1. The van der Waals surface area contributed by atoms with Gasteiger partial charge in [-0.2, -0.15) is 0 Å². The average molecular weight is 234 g/mol. The number of carboxylic acid groups (broad SMARTS) is 1. The Morgan fingerprint density at radius 2 is 1.69 bits per heavy atom. The van der Waals surface area contributed by atoms with Crippen LogP contribution in [0.4, 0.5) is 0 Å². The third-order valence-electron chi connectivity index (χ3n) is 0.974. The van der Waals surface area contributed by atoms with Crippen molar-refractivity contribution in [2.75, 3.05) is 19.4 Å². The summed E-state index contributed by atoms with van der Waals surface area (Å²) in [7, 11) is -3.44. The summed E-state index contributed by atoms with van der Waals surface area (Å²) in [5.41, 5.74) is 0. The quantitative estimate of drug-likeness (QED) is 0.362. The Balaban J connectivity index is 0. The van der Waals surface area contributed by atoms with E-state index in [1.165, 1.54) is 0 Å². The minimum Gasteiger partial charge on any atom is -0.549 e. The van der Waals surface area contributed by atoms with Crippen LogP contribution >= 0.6 is 7.60 Å². The van der Waals surface area contributed by atoms with Crippen molar-refractivity contribution < 1.29 is 74.9 Å². The second-order valence-corrected chi connectivity index (χ2v) is 4.03. The van der Waals surface area contributed by atoms with E-state index in [-0.39, 0.29) is 64.6 Å². The van der Waals surface area contributed by atoms with Gasteiger partial charge in [0.05, 0.1) is 25.3 Å². The largest absolute Gasteiger partial charge is 1.00 e. The zero-order chi connectivity index (χ0) is 9.61. The number of aliphatic carboxylic acids is 1. The minimum atomic E-state index is -3.44. The second kappa shape index (κ2) is 8.56. The Morgan fingerprint density at radius 1 is 1.31 bits per heavy atom. The number of rotatable bonds is 6. The van der Waals surface area contributed by atoms with Gasteiger partial charge in [0.2, 0.25) is 0 Å². The average Bonchev–Trinajstić information content (AvgIpc) is 1.85. The van der Waals surface area contributed by atoms with Crippen LogP contribution in [0, 0.1) is 0 Å². The van der Waals surface area contributed by atoms with Crippen molar-refractivity contribution in [3.63, 3.8) is 0 Å². The first-order valence-corrected chi connectivity index (χ1v) is 5.35. The second-order valence-electron chi connectivity index (χ2n) is 1.98. The Bertz CT molecular complexity index is 185. The van der Waals surface area contributed by atoms with Crippen LogP contribution in [-0.4, -0.2) is 25.3 Å². The van der Waals surface area contributed by atoms with Gasteiger partial charge < -0.3 is 18.9 Å². The number of hydrogen-bond acceptors (Lipinski definition) is 5. The van der Waals surface area contributed by atoms with Gasteiger partial charge in [0.1, 0.15) is 0 Å². The van der Waals surface area contributed by atoms with E-state index in [1.54, 1.807) is 13.8 Å². The Labute approximate surface area is 120 Å². The summed E-state index contributed by atoms with van der Waals surface area (Å²) in [6.45, 7) is 3.54. The van der Waals surface area contributed by atoms with Crippen LogP contribution in [0.5, 0.6) is 0 Å². The molecule has 0 saturated heterocycles. The maximum atomic E-state index is 11.4. The monoisotopic (exact) mass is 234 g/mol. The van der Waals surface area contributed by atoms with Crippen molar-refractivity contribution in [3.05, 3.63) is 0 Å². The van der Waals surface area contributed by atoms with Crippen LogP contribution in [0.25, 0.3) is 0 Å². The number of carbonyl (C=O) groups is 1. The van der Waals surface area contributed by atoms with Crippen LogP contribution < -0.4 is 56.5 Å². The fourth-order valence-corrected chi connectivity index (χ4v) is 2.04. The molecule has 0 bridgehead atoms. The smallest absolute Gasteiger partial charge is 0.549 e. The van der Waals surface area contributed by atoms with Gasteiger partial charge in [-0.15, -0.1) is 0 Å². The topological polar surface area (TPSA) is 75.7 Å². The Morgan fingerprint density at radius 3 is 1.92 bits per heavy atom. The summed E-state index contributed by atoms with van der Waals surface area (Å²) in [5.74, 6) is -1.43. The van der Waals surface area contributed by atoms with E-state index in [1.807, 2.05) is 0 Å². The van der Waals surface area contributed by atoms with Crippen LogP contribution in [-0.2, 0) is 18.4 Å². The van der Waals surface area contributed by atoms with Crippen LogP contribution in [0.1, 0.15) is 13.8 Å². The van der Waals surface area contributed by atoms with Crippen molar-refractivity contribution in [1.29, 1.82) is 0 Å². The van der Waals surface area contributed by atoms with Gasteiger partial charge in [-0.1, -0.05) is 0 Å². The molecular formula is C6H12KO5P. The number of hydrogen-bond donors (Lipinski definition) is 0. The molecule has 72 valence electrons. The summed E-state index contributed by atoms with van der Waals surface area (Å²) >= 11 is 0. The molecule has 0 atom stereocenters. The predicted molar refractivity (Wildman–Crippen MR) is 40.7 cm³/mol. The standard InChI is InChI=1S/C6H13O5P.K/c1-3-10-12(9,11-4-2)5-6(7)8;/h3-5H2,1-2H3,(H,7,8);/q;+1/p-1. The normalized spacial score (nSPS) is 10.6. The molecule has 0 saturated carbocycles. The molecule has 0 aliphatic rings. The third kappa shape index (κ3) is 8.26. The van der Waals surface area contributed by atoms with Crippen molar-refractivity contribution in [1.82, 2.24) is 0 Å². The molecule has 0 aromatic carbocycles. The predicted octanol–water partition coefficient (Wildman–Crippen LogP) is -2.99. The molecule has 0 radical (unpaired) electrons. The van der Waals surface area contributed by atoms with E-state index in [0.717, 1.165) is 0 Å². The SMILES string of the molecule is CCOP(=O)(CC(=O)[O-])OCC.[K+]. The molecule has 0 unspecified atom stereocenters. The molecule has 13 heavy (non-hydrogen) atoms. The molecule has 0 aromatic heterocycles. The van der Waals surface area contributed by atoms with E-state index in [0.29, 0.717) is 0 Å². The van der Waals surface area contributed by atoms with Crippen molar-refractivity contribution >= 4 is 13.6 Å². The number of carboxylic acids is 1. The van der Waals surface area contributed by atoms with E-state index in [2.05, 4.69) is 0 Å². The molecule has 0 rings (SSSR count). The zero-order valence-electron chi connectivity index (χ0n) is 8.11. The van der Waals surface area contributed by atoms with Gasteiger partial charge in [-0.05, 0) is 13.8 Å². The van der Waals surface area contributed by atoms with Crippen LogP contribution in [0.15, 0.2) is 0 Å². The first kappa shape index (κ1) is 16.7. The maximum Gasteiger partial charge on any atom is 1.00 e. The van der Waals surface area contributed by atoms with Gasteiger partial charge in [0.25, 0.3) is 0 Å². The summed E-state index contributed by atoms with van der Waals surface area (Å²) in [4.78, 5) is 10.1. The van der Waals surface area contributed by atoms with Crippen molar-refractivity contribution in [3.8, 4) is 0 Å². The minimum absolute atomic E-state index is 0. The molecule has 0 amide bonds. The first-order chi connectivity index (χ1) is 5.54. The Hall–Kier alpha value is 1.26. The first-order valence-electron chi connectivity index (χ1n) is 3.62. The zero-order valence-corrected chi connectivity index (χ0v) is 12.1. The molecule has 7 heteroatoms.